The van der Waals surface area contributed by atoms with Crippen LogP contribution < -0.4 is 5.32 Å². The highest BCUT2D eigenvalue weighted by atomic mass is 16.5. The van der Waals surface area contributed by atoms with Gasteiger partial charge >= 0.3 is 5.97 Å². The van der Waals surface area contributed by atoms with E-state index < -0.39 is 0 Å². The molecule has 14 heavy (non-hydrogen) atoms. The number of aliphatic hydroxyl groups is 1. The van der Waals surface area contributed by atoms with Crippen LogP contribution in [-0.4, -0.2) is 62.9 Å². The van der Waals surface area contributed by atoms with Gasteiger partial charge in [-0.1, -0.05) is 0 Å². The number of esters is 1. The Bertz CT molecular complexity index is 151. The van der Waals surface area contributed by atoms with Crippen LogP contribution in [0.3, 0.4) is 0 Å². The minimum atomic E-state index is -0.176. The van der Waals surface area contributed by atoms with Gasteiger partial charge in [-0.25, -0.2) is 0 Å². The molecule has 0 bridgehead atoms. The molecule has 0 aliphatic rings. The molecule has 0 unspecified atom stereocenters. The lowest BCUT2D eigenvalue weighted by Crippen LogP contribution is -2.25. The average Bonchev–Trinajstić information content (AvgIpc) is 2.14. The molecule has 0 aliphatic heterocycles. The Morgan fingerprint density at radius 2 is 2.14 bits per heavy atom. The maximum Gasteiger partial charge on any atom is 0.307 e. The molecule has 0 spiro atoms. The Balaban J connectivity index is 3.18. The summed E-state index contributed by atoms with van der Waals surface area (Å²) in [5.41, 5.74) is 0. The molecule has 5 nitrogen and oxygen atoms in total. The van der Waals surface area contributed by atoms with Gasteiger partial charge in [0.05, 0.1) is 13.0 Å². The molecule has 0 amide bonds. The van der Waals surface area contributed by atoms with E-state index in [2.05, 4.69) is 5.32 Å². The number of ether oxygens (including phenoxy) is 1. The van der Waals surface area contributed by atoms with Crippen molar-refractivity contribution in [3.05, 3.63) is 0 Å². The molecule has 0 aliphatic carbocycles. The summed E-state index contributed by atoms with van der Waals surface area (Å²) in [5, 5.41) is 11.4. The number of hydrogen-bond acceptors (Lipinski definition) is 5. The molecule has 2 N–H and O–H groups in total. The van der Waals surface area contributed by atoms with Crippen molar-refractivity contribution in [3.8, 4) is 0 Å². The van der Waals surface area contributed by atoms with Crippen LogP contribution in [0.4, 0.5) is 0 Å². The standard InChI is InChI=1S/C9H20N2O3/c1-11(2)6-3-9(13)14-8-5-10-4-7-12/h10,12H,3-8H2,1-2H3. The second-order valence-corrected chi connectivity index (χ2v) is 3.25. The van der Waals surface area contributed by atoms with Crippen molar-refractivity contribution in [1.29, 1.82) is 0 Å². The molecule has 0 aromatic heterocycles. The van der Waals surface area contributed by atoms with Crippen molar-refractivity contribution in [1.82, 2.24) is 10.2 Å². The normalized spacial score (nSPS) is 10.6. The Kier molecular flexibility index (Phi) is 8.51. The van der Waals surface area contributed by atoms with Crippen LogP contribution in [0.15, 0.2) is 0 Å². The Morgan fingerprint density at radius 3 is 2.71 bits per heavy atom. The van der Waals surface area contributed by atoms with E-state index in [1.807, 2.05) is 19.0 Å². The molecule has 0 radical (unpaired) electrons. The van der Waals surface area contributed by atoms with Crippen molar-refractivity contribution >= 4 is 5.97 Å². The quantitative estimate of drug-likeness (QED) is 0.395. The first-order chi connectivity index (χ1) is 6.66. The number of nitrogens with zero attached hydrogens (tertiary/aromatic N) is 1. The topological polar surface area (TPSA) is 61.8 Å². The molecule has 0 heterocycles. The maximum atomic E-state index is 11.1. The number of nitrogens with one attached hydrogen (secondary N) is 1. The first kappa shape index (κ1) is 13.4. The fourth-order valence-electron chi connectivity index (χ4n) is 0.828. The smallest absolute Gasteiger partial charge is 0.307 e. The predicted molar refractivity (Wildman–Crippen MR) is 54.1 cm³/mol. The lowest BCUT2D eigenvalue weighted by Gasteiger charge is -2.09. The zero-order chi connectivity index (χ0) is 10.8. The van der Waals surface area contributed by atoms with Crippen LogP contribution in [-0.2, 0) is 9.53 Å². The van der Waals surface area contributed by atoms with Gasteiger partial charge in [0, 0.05) is 19.6 Å². The van der Waals surface area contributed by atoms with Gasteiger partial charge in [0.15, 0.2) is 0 Å². The third-order valence-corrected chi connectivity index (χ3v) is 1.59. The van der Waals surface area contributed by atoms with Gasteiger partial charge in [-0.05, 0) is 14.1 Å². The van der Waals surface area contributed by atoms with Gasteiger partial charge in [-0.15, -0.1) is 0 Å². The second-order valence-electron chi connectivity index (χ2n) is 3.25. The van der Waals surface area contributed by atoms with Crippen molar-refractivity contribution in [2.24, 2.45) is 0 Å². The lowest BCUT2D eigenvalue weighted by molar-refractivity contribution is -0.143. The summed E-state index contributed by atoms with van der Waals surface area (Å²) in [4.78, 5) is 13.0. The van der Waals surface area contributed by atoms with E-state index in [0.717, 1.165) is 0 Å². The van der Waals surface area contributed by atoms with Gasteiger partial charge in [0.25, 0.3) is 0 Å². The van der Waals surface area contributed by atoms with Crippen molar-refractivity contribution in [3.63, 3.8) is 0 Å². The van der Waals surface area contributed by atoms with E-state index >= 15 is 0 Å². The molecule has 0 saturated heterocycles. The third kappa shape index (κ3) is 9.44. The van der Waals surface area contributed by atoms with Crippen LogP contribution in [0, 0.1) is 0 Å². The largest absolute Gasteiger partial charge is 0.464 e. The summed E-state index contributed by atoms with van der Waals surface area (Å²) < 4.78 is 4.93. The van der Waals surface area contributed by atoms with E-state index in [-0.39, 0.29) is 12.6 Å². The average molecular weight is 204 g/mol. The van der Waals surface area contributed by atoms with E-state index in [9.17, 15) is 4.79 Å². The highest BCUT2D eigenvalue weighted by Crippen LogP contribution is 1.87. The molecule has 0 atom stereocenters. The number of rotatable bonds is 8. The highest BCUT2D eigenvalue weighted by molar-refractivity contribution is 5.69. The molecule has 0 fully saturated rings. The fraction of sp³-hybridized carbons (Fsp3) is 0.889. The minimum Gasteiger partial charge on any atom is -0.464 e. The minimum absolute atomic E-state index is 0.106. The molecule has 5 heteroatoms. The van der Waals surface area contributed by atoms with Gasteiger partial charge in [-0.2, -0.15) is 0 Å². The zero-order valence-corrected chi connectivity index (χ0v) is 8.95. The van der Waals surface area contributed by atoms with Gasteiger partial charge in [0.2, 0.25) is 0 Å². The van der Waals surface area contributed by atoms with Crippen LogP contribution in [0.5, 0.6) is 0 Å². The summed E-state index contributed by atoms with van der Waals surface area (Å²) in [7, 11) is 3.83. The second kappa shape index (κ2) is 8.93. The maximum absolute atomic E-state index is 11.1. The molecular formula is C9H20N2O3. The van der Waals surface area contributed by atoms with E-state index in [1.165, 1.54) is 0 Å². The number of hydrogen-bond donors (Lipinski definition) is 2. The molecule has 0 aromatic rings. The van der Waals surface area contributed by atoms with E-state index in [1.54, 1.807) is 0 Å². The monoisotopic (exact) mass is 204 g/mol. The van der Waals surface area contributed by atoms with Crippen molar-refractivity contribution in [2.75, 3.05) is 46.9 Å². The predicted octanol–water partition coefficient (Wildman–Crippen LogP) is -0.937. The number of carbonyl (C=O) groups is 1. The van der Waals surface area contributed by atoms with E-state index in [4.69, 9.17) is 9.84 Å². The van der Waals surface area contributed by atoms with Crippen molar-refractivity contribution in [2.45, 2.75) is 6.42 Å². The SMILES string of the molecule is CN(C)CCC(=O)OCCNCCO. The third-order valence-electron chi connectivity index (χ3n) is 1.59. The highest BCUT2D eigenvalue weighted by Gasteiger charge is 2.02. The molecule has 84 valence electrons. The van der Waals surface area contributed by atoms with E-state index in [0.29, 0.717) is 32.7 Å². The molecule has 0 aromatic carbocycles. The van der Waals surface area contributed by atoms with Crippen LogP contribution >= 0.6 is 0 Å². The molecule has 0 saturated carbocycles. The van der Waals surface area contributed by atoms with Crippen LogP contribution in [0.1, 0.15) is 6.42 Å². The fourth-order valence-corrected chi connectivity index (χ4v) is 0.828. The first-order valence-electron chi connectivity index (χ1n) is 4.78. The van der Waals surface area contributed by atoms with Crippen LogP contribution in [0.2, 0.25) is 0 Å². The number of aliphatic hydroxyl groups excluding tert-OH is 1. The lowest BCUT2D eigenvalue weighted by atomic mass is 10.4. The molecule has 0 rings (SSSR count). The molecular weight excluding hydrogens is 184 g/mol. The van der Waals surface area contributed by atoms with Crippen LogP contribution in [0.25, 0.3) is 0 Å². The van der Waals surface area contributed by atoms with Gasteiger partial charge in [0.1, 0.15) is 6.61 Å². The Labute approximate surface area is 85.0 Å². The zero-order valence-electron chi connectivity index (χ0n) is 8.95. The summed E-state index contributed by atoms with van der Waals surface area (Å²) in [5.74, 6) is -0.176. The summed E-state index contributed by atoms with van der Waals surface area (Å²) in [6.07, 6.45) is 0.424. The first-order valence-corrected chi connectivity index (χ1v) is 4.78. The Morgan fingerprint density at radius 1 is 1.43 bits per heavy atom. The number of carbonyl (C=O) groups excluding carboxylic acids is 1. The van der Waals surface area contributed by atoms with Gasteiger partial charge in [-0.3, -0.25) is 4.79 Å². The van der Waals surface area contributed by atoms with Crippen molar-refractivity contribution < 1.29 is 14.6 Å². The summed E-state index contributed by atoms with van der Waals surface area (Å²) in [6.45, 7) is 2.31. The van der Waals surface area contributed by atoms with Gasteiger partial charge < -0.3 is 20.1 Å². The Hall–Kier alpha value is -0.650. The summed E-state index contributed by atoms with van der Waals surface area (Å²) >= 11 is 0. The summed E-state index contributed by atoms with van der Waals surface area (Å²) in [6, 6.07) is 0.